The van der Waals surface area contributed by atoms with E-state index < -0.39 is 0 Å². The Morgan fingerprint density at radius 3 is 2.92 bits per heavy atom. The quantitative estimate of drug-likeness (QED) is 0.711. The minimum atomic E-state index is -0.0807. The van der Waals surface area contributed by atoms with Gasteiger partial charge in [-0.1, -0.05) is 0 Å². The van der Waals surface area contributed by atoms with Gasteiger partial charge in [0.15, 0.2) is 0 Å². The van der Waals surface area contributed by atoms with Crippen LogP contribution in [0.5, 0.6) is 0 Å². The number of hydrogen-bond donors (Lipinski definition) is 1. The molecule has 0 bridgehead atoms. The Balaban J connectivity index is 2.25. The third-order valence-corrected chi connectivity index (χ3v) is 2.71. The van der Waals surface area contributed by atoms with E-state index in [2.05, 4.69) is 11.8 Å². The lowest BCUT2D eigenvalue weighted by Gasteiger charge is -2.22. The molecule has 1 aliphatic rings. The van der Waals surface area contributed by atoms with Crippen LogP contribution in [-0.2, 0) is 4.74 Å². The van der Waals surface area contributed by atoms with Crippen LogP contribution in [0.1, 0.15) is 26.2 Å². The van der Waals surface area contributed by atoms with Crippen LogP contribution < -0.4 is 0 Å². The maximum atomic E-state index is 9.44. The molecular weight excluding hydrogens is 166 g/mol. The maximum absolute atomic E-state index is 9.44. The molecule has 0 aliphatic carbocycles. The fourth-order valence-corrected chi connectivity index (χ4v) is 1.76. The number of aliphatic hydroxyl groups is 1. The zero-order valence-corrected chi connectivity index (χ0v) is 8.70. The van der Waals surface area contributed by atoms with Gasteiger partial charge in [-0.3, -0.25) is 0 Å². The van der Waals surface area contributed by atoms with Gasteiger partial charge in [0.2, 0.25) is 0 Å². The molecule has 1 heterocycles. The topological polar surface area (TPSA) is 32.7 Å². The van der Waals surface area contributed by atoms with E-state index in [-0.39, 0.29) is 6.10 Å². The van der Waals surface area contributed by atoms with Crippen molar-refractivity contribution >= 4 is 0 Å². The Morgan fingerprint density at radius 2 is 2.23 bits per heavy atom. The molecule has 0 amide bonds. The molecule has 0 aromatic rings. The summed E-state index contributed by atoms with van der Waals surface area (Å²) in [6, 6.07) is 0. The second-order valence-electron chi connectivity index (χ2n) is 3.93. The van der Waals surface area contributed by atoms with Gasteiger partial charge in [-0.15, -0.1) is 0 Å². The molecule has 1 saturated heterocycles. The number of hydrogen-bond acceptors (Lipinski definition) is 3. The highest BCUT2D eigenvalue weighted by Crippen LogP contribution is 2.11. The molecule has 0 saturated carbocycles. The Labute approximate surface area is 80.7 Å². The summed E-state index contributed by atoms with van der Waals surface area (Å²) in [5.41, 5.74) is 0. The molecule has 0 radical (unpaired) electrons. The lowest BCUT2D eigenvalue weighted by molar-refractivity contribution is 0.0760. The molecule has 0 spiro atoms. The van der Waals surface area contributed by atoms with Crippen molar-refractivity contribution in [1.82, 2.24) is 4.90 Å². The maximum Gasteiger partial charge on any atom is 0.0670 e. The molecule has 1 aliphatic heterocycles. The molecule has 0 aromatic carbocycles. The van der Waals surface area contributed by atoms with Crippen LogP contribution in [0.3, 0.4) is 0 Å². The average molecular weight is 187 g/mol. The van der Waals surface area contributed by atoms with E-state index in [1.807, 2.05) is 0 Å². The molecule has 2 unspecified atom stereocenters. The minimum absolute atomic E-state index is 0.0807. The SMILES string of the molecule is COC(C)CN1CCCC(O)CC1. The zero-order valence-electron chi connectivity index (χ0n) is 8.70. The molecule has 13 heavy (non-hydrogen) atoms. The van der Waals surface area contributed by atoms with Crippen molar-refractivity contribution in [3.8, 4) is 0 Å². The second kappa shape index (κ2) is 5.58. The van der Waals surface area contributed by atoms with Gasteiger partial charge in [-0.25, -0.2) is 0 Å². The third-order valence-electron chi connectivity index (χ3n) is 2.71. The highest BCUT2D eigenvalue weighted by molar-refractivity contribution is 4.70. The second-order valence-corrected chi connectivity index (χ2v) is 3.93. The number of likely N-dealkylation sites (tertiary alicyclic amines) is 1. The van der Waals surface area contributed by atoms with Crippen molar-refractivity contribution in [1.29, 1.82) is 0 Å². The van der Waals surface area contributed by atoms with Gasteiger partial charge >= 0.3 is 0 Å². The van der Waals surface area contributed by atoms with Gasteiger partial charge in [0.05, 0.1) is 12.2 Å². The zero-order chi connectivity index (χ0) is 9.68. The van der Waals surface area contributed by atoms with Crippen molar-refractivity contribution in [2.45, 2.75) is 38.4 Å². The molecule has 1 fully saturated rings. The van der Waals surface area contributed by atoms with Crippen LogP contribution in [-0.4, -0.2) is 49.0 Å². The third kappa shape index (κ3) is 4.07. The van der Waals surface area contributed by atoms with E-state index in [4.69, 9.17) is 4.74 Å². The Morgan fingerprint density at radius 1 is 1.46 bits per heavy atom. The fourth-order valence-electron chi connectivity index (χ4n) is 1.76. The molecule has 2 atom stereocenters. The fraction of sp³-hybridized carbons (Fsp3) is 1.00. The molecular formula is C10H21NO2. The number of ether oxygens (including phenoxy) is 1. The van der Waals surface area contributed by atoms with Crippen molar-refractivity contribution < 1.29 is 9.84 Å². The summed E-state index contributed by atoms with van der Waals surface area (Å²) in [6.07, 6.45) is 3.20. The predicted octanol–water partition coefficient (Wildman–Crippen LogP) is 0.868. The molecule has 3 heteroatoms. The van der Waals surface area contributed by atoms with Gasteiger partial charge in [0, 0.05) is 20.2 Å². The Bertz CT molecular complexity index is 141. The summed E-state index contributed by atoms with van der Waals surface area (Å²) in [7, 11) is 1.75. The lowest BCUT2D eigenvalue weighted by atomic mass is 10.2. The van der Waals surface area contributed by atoms with Crippen LogP contribution in [0.2, 0.25) is 0 Å². The van der Waals surface area contributed by atoms with Crippen LogP contribution in [0, 0.1) is 0 Å². The van der Waals surface area contributed by atoms with Gasteiger partial charge in [-0.2, -0.15) is 0 Å². The van der Waals surface area contributed by atoms with E-state index in [0.29, 0.717) is 6.10 Å². The summed E-state index contributed by atoms with van der Waals surface area (Å²) in [5, 5.41) is 9.44. The smallest absolute Gasteiger partial charge is 0.0670 e. The summed E-state index contributed by atoms with van der Waals surface area (Å²) in [6.45, 7) is 5.18. The number of rotatable bonds is 3. The Kier molecular flexibility index (Phi) is 4.70. The van der Waals surface area contributed by atoms with E-state index in [0.717, 1.165) is 38.9 Å². The van der Waals surface area contributed by atoms with Gasteiger partial charge in [-0.05, 0) is 32.7 Å². The van der Waals surface area contributed by atoms with Crippen LogP contribution in [0.15, 0.2) is 0 Å². The Hall–Kier alpha value is -0.120. The van der Waals surface area contributed by atoms with Crippen LogP contribution in [0.4, 0.5) is 0 Å². The number of aliphatic hydroxyl groups excluding tert-OH is 1. The normalized spacial score (nSPS) is 28.4. The summed E-state index contributed by atoms with van der Waals surface area (Å²) in [5.74, 6) is 0. The molecule has 1 rings (SSSR count). The highest BCUT2D eigenvalue weighted by atomic mass is 16.5. The highest BCUT2D eigenvalue weighted by Gasteiger charge is 2.16. The van der Waals surface area contributed by atoms with Crippen LogP contribution >= 0.6 is 0 Å². The van der Waals surface area contributed by atoms with Crippen molar-refractivity contribution in [3.05, 3.63) is 0 Å². The first-order chi connectivity index (χ1) is 6.22. The average Bonchev–Trinajstić information content (AvgIpc) is 2.31. The lowest BCUT2D eigenvalue weighted by Crippen LogP contribution is -2.33. The predicted molar refractivity (Wildman–Crippen MR) is 52.8 cm³/mol. The first-order valence-electron chi connectivity index (χ1n) is 5.15. The van der Waals surface area contributed by atoms with Crippen LogP contribution in [0.25, 0.3) is 0 Å². The van der Waals surface area contributed by atoms with Crippen molar-refractivity contribution in [2.75, 3.05) is 26.7 Å². The van der Waals surface area contributed by atoms with E-state index in [9.17, 15) is 5.11 Å². The molecule has 1 N–H and O–H groups in total. The summed E-state index contributed by atoms with van der Waals surface area (Å²) in [4.78, 5) is 2.38. The number of nitrogens with zero attached hydrogens (tertiary/aromatic N) is 1. The van der Waals surface area contributed by atoms with Crippen molar-refractivity contribution in [2.24, 2.45) is 0 Å². The van der Waals surface area contributed by atoms with Gasteiger partial charge in [0.1, 0.15) is 0 Å². The standard InChI is InChI=1S/C10H21NO2/c1-9(13-2)8-11-6-3-4-10(12)5-7-11/h9-10,12H,3-8H2,1-2H3. The van der Waals surface area contributed by atoms with E-state index >= 15 is 0 Å². The van der Waals surface area contributed by atoms with E-state index in [1.165, 1.54) is 0 Å². The molecule has 3 nitrogen and oxygen atoms in total. The van der Waals surface area contributed by atoms with Gasteiger partial charge in [0.25, 0.3) is 0 Å². The monoisotopic (exact) mass is 187 g/mol. The molecule has 0 aromatic heterocycles. The van der Waals surface area contributed by atoms with E-state index in [1.54, 1.807) is 7.11 Å². The first-order valence-corrected chi connectivity index (χ1v) is 5.15. The number of methoxy groups -OCH3 is 1. The minimum Gasteiger partial charge on any atom is -0.393 e. The van der Waals surface area contributed by atoms with Crippen molar-refractivity contribution in [3.63, 3.8) is 0 Å². The summed E-state index contributed by atoms with van der Waals surface area (Å²) >= 11 is 0. The first kappa shape index (κ1) is 11.0. The molecule has 78 valence electrons. The summed E-state index contributed by atoms with van der Waals surface area (Å²) < 4.78 is 5.22. The largest absolute Gasteiger partial charge is 0.393 e. The van der Waals surface area contributed by atoms with Gasteiger partial charge < -0.3 is 14.7 Å².